The smallest absolute Gasteiger partial charge is 0.261 e. The summed E-state index contributed by atoms with van der Waals surface area (Å²) < 4.78 is 51.7. The average Bonchev–Trinajstić information content (AvgIpc) is 2.98. The SMILES string of the molecule is CON=C1CN(C)CC1N.CON=C1CN(C)CC1N.CS(=O)(=O)O.CS(=O)(=O)O. The molecule has 2 unspecified atom stereocenters. The average molecular weight is 479 g/mol. The summed E-state index contributed by atoms with van der Waals surface area (Å²) in [5.74, 6) is 0. The Balaban J connectivity index is 0. The van der Waals surface area contributed by atoms with Crippen molar-refractivity contribution in [2.24, 2.45) is 21.8 Å². The van der Waals surface area contributed by atoms with E-state index in [-0.39, 0.29) is 12.1 Å². The number of hydrogen-bond donors (Lipinski definition) is 4. The van der Waals surface area contributed by atoms with Gasteiger partial charge in [0.1, 0.15) is 14.2 Å². The van der Waals surface area contributed by atoms with Crippen LogP contribution in [0.2, 0.25) is 0 Å². The molecule has 2 atom stereocenters. The van der Waals surface area contributed by atoms with E-state index in [4.69, 9.17) is 20.6 Å². The van der Waals surface area contributed by atoms with E-state index in [1.54, 1.807) is 0 Å². The Morgan fingerprint density at radius 1 is 0.833 bits per heavy atom. The summed E-state index contributed by atoms with van der Waals surface area (Å²) in [5, 5.41) is 7.61. The lowest BCUT2D eigenvalue weighted by Gasteiger charge is -2.02. The molecule has 0 aliphatic carbocycles. The first-order chi connectivity index (χ1) is 13.5. The van der Waals surface area contributed by atoms with E-state index in [1.807, 2.05) is 14.1 Å². The molecule has 6 N–H and O–H groups in total. The number of likely N-dealkylation sites (tertiary alicyclic amines) is 2. The fourth-order valence-electron chi connectivity index (χ4n) is 2.23. The molecule has 2 aliphatic heterocycles. The molecule has 0 amide bonds. The van der Waals surface area contributed by atoms with Crippen molar-refractivity contribution < 1.29 is 35.6 Å². The third-order valence-electron chi connectivity index (χ3n) is 3.15. The van der Waals surface area contributed by atoms with Crippen LogP contribution in [0.25, 0.3) is 0 Å². The molecule has 2 aliphatic rings. The maximum Gasteiger partial charge on any atom is 0.261 e. The summed E-state index contributed by atoms with van der Waals surface area (Å²) in [6, 6.07) is 0.120. The number of nitrogens with two attached hydrogens (primary N) is 2. The number of nitrogens with zero attached hydrogens (tertiary/aromatic N) is 4. The maximum atomic E-state index is 9.19. The van der Waals surface area contributed by atoms with Gasteiger partial charge in [-0.2, -0.15) is 16.8 Å². The van der Waals surface area contributed by atoms with E-state index >= 15 is 0 Å². The molecule has 180 valence electrons. The highest BCUT2D eigenvalue weighted by molar-refractivity contribution is 7.85. The van der Waals surface area contributed by atoms with Crippen LogP contribution in [0.4, 0.5) is 0 Å². The van der Waals surface area contributed by atoms with Crippen LogP contribution >= 0.6 is 0 Å². The zero-order valence-corrected chi connectivity index (χ0v) is 19.7. The van der Waals surface area contributed by atoms with Crippen LogP contribution in [-0.4, -0.2) is 126 Å². The highest BCUT2D eigenvalue weighted by Crippen LogP contribution is 2.02. The third-order valence-corrected chi connectivity index (χ3v) is 3.15. The molecule has 30 heavy (non-hydrogen) atoms. The van der Waals surface area contributed by atoms with E-state index in [0.717, 1.165) is 37.6 Å². The summed E-state index contributed by atoms with van der Waals surface area (Å²) in [6.45, 7) is 3.41. The first kappa shape index (κ1) is 30.8. The lowest BCUT2D eigenvalue weighted by Crippen LogP contribution is -2.29. The van der Waals surface area contributed by atoms with Crippen LogP contribution in [0.1, 0.15) is 0 Å². The predicted octanol–water partition coefficient (Wildman–Crippen LogP) is -2.47. The molecule has 14 nitrogen and oxygen atoms in total. The monoisotopic (exact) mass is 478 g/mol. The minimum Gasteiger partial charge on any atom is -0.399 e. The lowest BCUT2D eigenvalue weighted by molar-refractivity contribution is 0.212. The van der Waals surface area contributed by atoms with Crippen molar-refractivity contribution >= 4 is 31.7 Å². The Bertz CT molecular complexity index is 676. The Kier molecular flexibility index (Phi) is 15.0. The van der Waals surface area contributed by atoms with E-state index < -0.39 is 20.2 Å². The zero-order chi connectivity index (χ0) is 24.1. The molecule has 0 aromatic rings. The quantitative estimate of drug-likeness (QED) is 0.240. The molecule has 2 rings (SSSR count). The number of hydrogen-bond acceptors (Lipinski definition) is 12. The van der Waals surface area contributed by atoms with Gasteiger partial charge < -0.3 is 21.1 Å². The van der Waals surface area contributed by atoms with Gasteiger partial charge in [0, 0.05) is 26.2 Å². The van der Waals surface area contributed by atoms with Crippen LogP contribution in [0, 0.1) is 0 Å². The van der Waals surface area contributed by atoms with Gasteiger partial charge in [0.05, 0.1) is 36.0 Å². The lowest BCUT2D eigenvalue weighted by atomic mass is 10.2. The van der Waals surface area contributed by atoms with Crippen LogP contribution in [0.15, 0.2) is 10.3 Å². The van der Waals surface area contributed by atoms with E-state index in [9.17, 15) is 16.8 Å². The largest absolute Gasteiger partial charge is 0.399 e. The van der Waals surface area contributed by atoms with Crippen molar-refractivity contribution in [3.63, 3.8) is 0 Å². The standard InChI is InChI=1S/2C6H13N3O.2CH4O3S/c2*1-9-3-5(7)6(4-9)8-10-2;2*1-5(2,3)4/h2*5H,3-4,7H2,1-2H3;2*1H3,(H,2,3,4). The highest BCUT2D eigenvalue weighted by Gasteiger charge is 2.23. The second-order valence-electron chi connectivity index (χ2n) is 6.60. The van der Waals surface area contributed by atoms with Gasteiger partial charge in [-0.25, -0.2) is 0 Å². The normalized spacial score (nSPS) is 24.9. The number of rotatable bonds is 2. The second-order valence-corrected chi connectivity index (χ2v) is 9.54. The van der Waals surface area contributed by atoms with Crippen molar-refractivity contribution in [3.05, 3.63) is 0 Å². The first-order valence-electron chi connectivity index (χ1n) is 8.40. The number of oxime groups is 2. The first-order valence-corrected chi connectivity index (χ1v) is 12.1. The Morgan fingerprint density at radius 3 is 1.20 bits per heavy atom. The Labute approximate surface area is 178 Å². The summed E-state index contributed by atoms with van der Waals surface area (Å²) in [6.07, 6.45) is 1.43. The van der Waals surface area contributed by atoms with Crippen molar-refractivity contribution in [1.29, 1.82) is 0 Å². The molecule has 0 saturated carbocycles. The molecule has 16 heteroatoms. The molecular formula is C14H34N6O8S2. The minimum atomic E-state index is -3.67. The van der Waals surface area contributed by atoms with Gasteiger partial charge in [-0.3, -0.25) is 18.9 Å². The van der Waals surface area contributed by atoms with Crippen molar-refractivity contribution in [3.8, 4) is 0 Å². The molecular weight excluding hydrogens is 444 g/mol. The summed E-state index contributed by atoms with van der Waals surface area (Å²) in [4.78, 5) is 13.5. The van der Waals surface area contributed by atoms with Crippen LogP contribution in [0.5, 0.6) is 0 Å². The third kappa shape index (κ3) is 21.3. The van der Waals surface area contributed by atoms with Gasteiger partial charge in [0.25, 0.3) is 20.2 Å². The maximum absolute atomic E-state index is 9.19. The predicted molar refractivity (Wildman–Crippen MR) is 115 cm³/mol. The van der Waals surface area contributed by atoms with Gasteiger partial charge in [0.15, 0.2) is 0 Å². The molecule has 0 radical (unpaired) electrons. The van der Waals surface area contributed by atoms with Gasteiger partial charge in [-0.15, -0.1) is 0 Å². The van der Waals surface area contributed by atoms with Gasteiger partial charge in [-0.05, 0) is 14.1 Å². The summed E-state index contributed by atoms with van der Waals surface area (Å²) >= 11 is 0. The van der Waals surface area contributed by atoms with Gasteiger partial charge in [0.2, 0.25) is 0 Å². The van der Waals surface area contributed by atoms with Gasteiger partial charge in [-0.1, -0.05) is 10.3 Å². The molecule has 2 heterocycles. The fourth-order valence-corrected chi connectivity index (χ4v) is 2.23. The van der Waals surface area contributed by atoms with E-state index in [0.29, 0.717) is 12.5 Å². The van der Waals surface area contributed by atoms with Crippen LogP contribution < -0.4 is 11.5 Å². The molecule has 0 aromatic heterocycles. The molecule has 0 aromatic carbocycles. The van der Waals surface area contributed by atoms with Crippen molar-refractivity contribution in [1.82, 2.24) is 9.80 Å². The Morgan fingerprint density at radius 2 is 1.07 bits per heavy atom. The van der Waals surface area contributed by atoms with E-state index in [1.165, 1.54) is 14.2 Å². The van der Waals surface area contributed by atoms with Crippen LogP contribution in [-0.2, 0) is 29.9 Å². The number of likely N-dealkylation sites (N-methyl/N-ethyl adjacent to an activating group) is 2. The fraction of sp³-hybridized carbons (Fsp3) is 0.857. The molecule has 0 bridgehead atoms. The second kappa shape index (κ2) is 14.6. The topological polar surface area (TPSA) is 210 Å². The van der Waals surface area contributed by atoms with E-state index in [2.05, 4.69) is 29.8 Å². The minimum absolute atomic E-state index is 0.0601. The van der Waals surface area contributed by atoms with Crippen LogP contribution in [0.3, 0.4) is 0 Å². The van der Waals surface area contributed by atoms with Crippen molar-refractivity contribution in [2.75, 3.05) is 67.0 Å². The highest BCUT2D eigenvalue weighted by atomic mass is 32.2. The molecule has 2 saturated heterocycles. The van der Waals surface area contributed by atoms with Gasteiger partial charge >= 0.3 is 0 Å². The van der Waals surface area contributed by atoms with Crippen molar-refractivity contribution in [2.45, 2.75) is 12.1 Å². The molecule has 2 fully saturated rings. The molecule has 0 spiro atoms. The summed E-state index contributed by atoms with van der Waals surface area (Å²) in [7, 11) is -0.230. The Hall–Kier alpha value is -1.40. The zero-order valence-electron chi connectivity index (χ0n) is 18.1. The summed E-state index contributed by atoms with van der Waals surface area (Å²) in [5.41, 5.74) is 13.3.